The molecule has 1 unspecified atom stereocenters. The Balaban J connectivity index is 2.14. The van der Waals surface area contributed by atoms with Crippen LogP contribution in [0.5, 0.6) is 5.75 Å². The summed E-state index contributed by atoms with van der Waals surface area (Å²) in [5.41, 5.74) is 0.751. The molecule has 21 heavy (non-hydrogen) atoms. The number of hydrogen-bond acceptors (Lipinski definition) is 4. The largest absolute Gasteiger partial charge is 0.492 e. The lowest BCUT2D eigenvalue weighted by molar-refractivity contribution is -0.117. The lowest BCUT2D eigenvalue weighted by Crippen LogP contribution is -2.25. The minimum absolute atomic E-state index is 0.0624. The van der Waals surface area contributed by atoms with E-state index in [2.05, 4.69) is 0 Å². The van der Waals surface area contributed by atoms with Crippen LogP contribution in [0.15, 0.2) is 18.2 Å². The molecular formula is C15H18ClNO3S. The molecule has 0 saturated carbocycles. The number of thioether (sulfide) groups is 1. The van der Waals surface area contributed by atoms with Crippen LogP contribution in [-0.4, -0.2) is 29.9 Å². The lowest BCUT2D eigenvalue weighted by atomic mass is 10.1. The van der Waals surface area contributed by atoms with Crippen molar-refractivity contribution in [3.63, 3.8) is 0 Å². The zero-order valence-corrected chi connectivity index (χ0v) is 13.7. The normalized spacial score (nSPS) is 18.1. The number of carbonyl (C=O) groups is 2. The summed E-state index contributed by atoms with van der Waals surface area (Å²) in [6.45, 7) is 4.56. The fourth-order valence-electron chi connectivity index (χ4n) is 2.34. The van der Waals surface area contributed by atoms with Crippen molar-refractivity contribution < 1.29 is 14.3 Å². The minimum atomic E-state index is 0.0624. The number of amides is 1. The smallest absolute Gasteiger partial charge is 0.227 e. The second-order valence-corrected chi connectivity index (χ2v) is 6.56. The van der Waals surface area contributed by atoms with Crippen molar-refractivity contribution in [2.75, 3.05) is 23.8 Å². The van der Waals surface area contributed by atoms with Crippen LogP contribution in [0.25, 0.3) is 0 Å². The van der Waals surface area contributed by atoms with Gasteiger partial charge in [-0.1, -0.05) is 23.4 Å². The van der Waals surface area contributed by atoms with Gasteiger partial charge in [0.15, 0.2) is 5.12 Å². The third-order valence-electron chi connectivity index (χ3n) is 3.24. The van der Waals surface area contributed by atoms with Gasteiger partial charge in [0, 0.05) is 36.7 Å². The van der Waals surface area contributed by atoms with Gasteiger partial charge < -0.3 is 9.64 Å². The molecule has 2 rings (SSSR count). The van der Waals surface area contributed by atoms with E-state index in [0.717, 1.165) is 5.69 Å². The summed E-state index contributed by atoms with van der Waals surface area (Å²) in [4.78, 5) is 25.0. The number of halogens is 1. The van der Waals surface area contributed by atoms with Gasteiger partial charge in [0.25, 0.3) is 0 Å². The topological polar surface area (TPSA) is 46.6 Å². The molecule has 4 nitrogen and oxygen atoms in total. The van der Waals surface area contributed by atoms with Crippen LogP contribution < -0.4 is 9.64 Å². The number of nitrogens with zero attached hydrogens (tertiary/aromatic N) is 1. The first-order valence-electron chi connectivity index (χ1n) is 6.87. The Bertz CT molecular complexity index is 550. The maximum Gasteiger partial charge on any atom is 0.227 e. The zero-order valence-electron chi connectivity index (χ0n) is 12.1. The van der Waals surface area contributed by atoms with E-state index in [1.165, 1.54) is 11.8 Å². The van der Waals surface area contributed by atoms with E-state index < -0.39 is 0 Å². The van der Waals surface area contributed by atoms with Gasteiger partial charge in [-0.25, -0.2) is 0 Å². The van der Waals surface area contributed by atoms with Crippen molar-refractivity contribution >= 4 is 40.1 Å². The van der Waals surface area contributed by atoms with E-state index in [9.17, 15) is 9.59 Å². The highest BCUT2D eigenvalue weighted by Gasteiger charge is 2.32. The predicted molar refractivity (Wildman–Crippen MR) is 86.2 cm³/mol. The molecule has 1 aromatic carbocycles. The first-order valence-corrected chi connectivity index (χ1v) is 8.23. The highest BCUT2D eigenvalue weighted by molar-refractivity contribution is 8.13. The van der Waals surface area contributed by atoms with Crippen LogP contribution in [0.4, 0.5) is 5.69 Å². The van der Waals surface area contributed by atoms with Crippen LogP contribution in [-0.2, 0) is 9.59 Å². The third kappa shape index (κ3) is 4.14. The van der Waals surface area contributed by atoms with Gasteiger partial charge in [-0.15, -0.1) is 0 Å². The number of carbonyl (C=O) groups excluding carboxylic acids is 2. The molecule has 1 aliphatic rings. The molecule has 6 heteroatoms. The number of anilines is 1. The van der Waals surface area contributed by atoms with Crippen LogP contribution in [0.2, 0.25) is 5.02 Å². The van der Waals surface area contributed by atoms with Gasteiger partial charge in [0.1, 0.15) is 5.75 Å². The molecule has 1 amide bonds. The van der Waals surface area contributed by atoms with Gasteiger partial charge in [0.2, 0.25) is 5.91 Å². The highest BCUT2D eigenvalue weighted by Crippen LogP contribution is 2.35. The first-order chi connectivity index (χ1) is 10.0. The average Bonchev–Trinajstić information content (AvgIpc) is 2.78. The number of rotatable bonds is 5. The van der Waals surface area contributed by atoms with Crippen LogP contribution in [0.1, 0.15) is 20.3 Å². The Labute approximate surface area is 133 Å². The van der Waals surface area contributed by atoms with Gasteiger partial charge in [0.05, 0.1) is 12.3 Å². The standard InChI is InChI=1S/C15H18ClNO3S/c1-3-20-14-7-12(16)4-5-13(14)17-8-11(6-15(17)19)9-21-10(2)18/h4-5,7,11H,3,6,8-9H2,1-2H3. The Kier molecular flexibility index (Phi) is 5.53. The molecule has 1 aromatic rings. The highest BCUT2D eigenvalue weighted by atomic mass is 35.5. The molecule has 0 bridgehead atoms. The summed E-state index contributed by atoms with van der Waals surface area (Å²) in [6, 6.07) is 5.29. The maximum atomic E-state index is 12.2. The van der Waals surface area contributed by atoms with Crippen molar-refractivity contribution in [3.05, 3.63) is 23.2 Å². The Morgan fingerprint density at radius 2 is 2.29 bits per heavy atom. The molecular weight excluding hydrogens is 310 g/mol. The molecule has 1 fully saturated rings. The van der Waals surface area contributed by atoms with Crippen molar-refractivity contribution in [2.45, 2.75) is 20.3 Å². The summed E-state index contributed by atoms with van der Waals surface area (Å²) < 4.78 is 5.57. The Morgan fingerprint density at radius 3 is 2.95 bits per heavy atom. The lowest BCUT2D eigenvalue weighted by Gasteiger charge is -2.20. The van der Waals surface area contributed by atoms with Gasteiger partial charge >= 0.3 is 0 Å². The van der Waals surface area contributed by atoms with E-state index in [1.807, 2.05) is 13.0 Å². The Morgan fingerprint density at radius 1 is 1.52 bits per heavy atom. The number of ether oxygens (including phenoxy) is 1. The molecule has 114 valence electrons. The minimum Gasteiger partial charge on any atom is -0.492 e. The fraction of sp³-hybridized carbons (Fsp3) is 0.467. The number of hydrogen-bond donors (Lipinski definition) is 0. The van der Waals surface area contributed by atoms with E-state index in [-0.39, 0.29) is 16.9 Å². The summed E-state index contributed by atoms with van der Waals surface area (Å²) in [6.07, 6.45) is 0.467. The molecule has 1 aliphatic heterocycles. The van der Waals surface area contributed by atoms with Gasteiger partial charge in [-0.2, -0.15) is 0 Å². The maximum absolute atomic E-state index is 12.2. The van der Waals surface area contributed by atoms with E-state index in [4.69, 9.17) is 16.3 Å². The molecule has 1 heterocycles. The quantitative estimate of drug-likeness (QED) is 0.832. The Hall–Kier alpha value is -1.20. The van der Waals surface area contributed by atoms with Crippen molar-refractivity contribution in [1.82, 2.24) is 0 Å². The van der Waals surface area contributed by atoms with Crippen molar-refractivity contribution in [2.24, 2.45) is 5.92 Å². The van der Waals surface area contributed by atoms with Gasteiger partial charge in [-0.05, 0) is 25.0 Å². The summed E-state index contributed by atoms with van der Waals surface area (Å²) in [5.74, 6) is 1.55. The fourth-order valence-corrected chi connectivity index (χ4v) is 3.20. The predicted octanol–water partition coefficient (Wildman–Crippen LogP) is 3.37. The molecule has 1 atom stereocenters. The average molecular weight is 328 g/mol. The van der Waals surface area contributed by atoms with Gasteiger partial charge in [-0.3, -0.25) is 9.59 Å². The second-order valence-electron chi connectivity index (χ2n) is 4.92. The summed E-state index contributed by atoms with van der Waals surface area (Å²) in [7, 11) is 0. The zero-order chi connectivity index (χ0) is 15.4. The number of benzene rings is 1. The second kappa shape index (κ2) is 7.18. The van der Waals surface area contributed by atoms with Crippen LogP contribution in [0, 0.1) is 5.92 Å². The monoisotopic (exact) mass is 327 g/mol. The SMILES string of the molecule is CCOc1cc(Cl)ccc1N1CC(CSC(C)=O)CC1=O. The molecule has 0 radical (unpaired) electrons. The first kappa shape index (κ1) is 16.2. The van der Waals surface area contributed by atoms with Crippen LogP contribution in [0.3, 0.4) is 0 Å². The summed E-state index contributed by atoms with van der Waals surface area (Å²) in [5, 5.41) is 0.667. The third-order valence-corrected chi connectivity index (χ3v) is 4.52. The molecule has 0 spiro atoms. The molecule has 1 saturated heterocycles. The van der Waals surface area contributed by atoms with Crippen molar-refractivity contribution in [3.8, 4) is 5.75 Å². The molecule has 0 N–H and O–H groups in total. The van der Waals surface area contributed by atoms with Crippen molar-refractivity contribution in [1.29, 1.82) is 0 Å². The van der Waals surface area contributed by atoms with E-state index in [1.54, 1.807) is 24.0 Å². The molecule has 0 aromatic heterocycles. The van der Waals surface area contributed by atoms with Crippen LogP contribution >= 0.6 is 23.4 Å². The summed E-state index contributed by atoms with van der Waals surface area (Å²) >= 11 is 7.26. The molecule has 0 aliphatic carbocycles. The van der Waals surface area contributed by atoms with E-state index in [0.29, 0.717) is 36.1 Å². The van der Waals surface area contributed by atoms with E-state index >= 15 is 0 Å².